The first kappa shape index (κ1) is 15.6. The highest BCUT2D eigenvalue weighted by molar-refractivity contribution is 9.10. The molecular weight excluding hydrogens is 384 g/mol. The number of hydrogen-bond donors (Lipinski definition) is 2. The molecule has 7 heteroatoms. The molecule has 0 aliphatic heterocycles. The highest BCUT2D eigenvalue weighted by Gasteiger charge is 2.12. The van der Waals surface area contributed by atoms with Gasteiger partial charge in [0.2, 0.25) is 0 Å². The Morgan fingerprint density at radius 2 is 1.96 bits per heavy atom. The van der Waals surface area contributed by atoms with Gasteiger partial charge in [0, 0.05) is 28.7 Å². The van der Waals surface area contributed by atoms with Gasteiger partial charge in [-0.05, 0) is 30.3 Å². The van der Waals surface area contributed by atoms with Crippen LogP contribution in [0.5, 0.6) is 0 Å². The van der Waals surface area contributed by atoms with E-state index < -0.39 is 0 Å². The zero-order valence-electron chi connectivity index (χ0n) is 13.2. The van der Waals surface area contributed by atoms with Crippen molar-refractivity contribution in [3.05, 3.63) is 64.6 Å². The van der Waals surface area contributed by atoms with Gasteiger partial charge >= 0.3 is 0 Å². The van der Waals surface area contributed by atoms with Crippen LogP contribution < -0.4 is 5.32 Å². The molecule has 0 aliphatic rings. The summed E-state index contributed by atoms with van der Waals surface area (Å²) in [4.78, 5) is 16.7. The van der Waals surface area contributed by atoms with E-state index in [4.69, 9.17) is 4.42 Å². The second-order valence-corrected chi connectivity index (χ2v) is 6.46. The van der Waals surface area contributed by atoms with Crippen LogP contribution in [0.3, 0.4) is 0 Å². The lowest BCUT2D eigenvalue weighted by Crippen LogP contribution is -2.12. The van der Waals surface area contributed by atoms with Crippen LogP contribution in [0.15, 0.2) is 57.4 Å². The SMILES string of the molecule is Cc1nc2ccc(NC(=O)c3cc(-c4ccc(Br)cc4)n[nH]3)cc2o1. The number of rotatable bonds is 3. The van der Waals surface area contributed by atoms with Gasteiger partial charge in [-0.15, -0.1) is 0 Å². The van der Waals surface area contributed by atoms with Gasteiger partial charge in [-0.2, -0.15) is 5.10 Å². The quantitative estimate of drug-likeness (QED) is 0.532. The Balaban J connectivity index is 1.55. The Morgan fingerprint density at radius 3 is 2.76 bits per heavy atom. The molecule has 4 rings (SSSR count). The maximum absolute atomic E-state index is 12.4. The zero-order chi connectivity index (χ0) is 17.4. The van der Waals surface area contributed by atoms with Gasteiger partial charge in [0.1, 0.15) is 11.2 Å². The van der Waals surface area contributed by atoms with E-state index in [1.165, 1.54) is 0 Å². The number of halogens is 1. The first-order valence-electron chi connectivity index (χ1n) is 7.58. The number of carbonyl (C=O) groups is 1. The topological polar surface area (TPSA) is 83.8 Å². The van der Waals surface area contributed by atoms with E-state index in [0.717, 1.165) is 15.6 Å². The molecule has 2 aromatic heterocycles. The Labute approximate surface area is 151 Å². The third kappa shape index (κ3) is 3.18. The molecule has 0 radical (unpaired) electrons. The molecule has 0 bridgehead atoms. The van der Waals surface area contributed by atoms with E-state index in [2.05, 4.69) is 36.4 Å². The van der Waals surface area contributed by atoms with Gasteiger partial charge < -0.3 is 9.73 Å². The lowest BCUT2D eigenvalue weighted by Gasteiger charge is -2.02. The van der Waals surface area contributed by atoms with Crippen LogP contribution >= 0.6 is 15.9 Å². The highest BCUT2D eigenvalue weighted by atomic mass is 79.9. The first-order chi connectivity index (χ1) is 12.1. The zero-order valence-corrected chi connectivity index (χ0v) is 14.8. The van der Waals surface area contributed by atoms with Crippen molar-refractivity contribution in [2.24, 2.45) is 0 Å². The van der Waals surface area contributed by atoms with Gasteiger partial charge in [0.15, 0.2) is 11.5 Å². The fourth-order valence-corrected chi connectivity index (χ4v) is 2.79. The average Bonchev–Trinajstić information content (AvgIpc) is 3.21. The molecule has 6 nitrogen and oxygen atoms in total. The third-order valence-corrected chi connectivity index (χ3v) is 4.24. The fraction of sp³-hybridized carbons (Fsp3) is 0.0556. The van der Waals surface area contributed by atoms with Crippen LogP contribution in [0.4, 0.5) is 5.69 Å². The van der Waals surface area contributed by atoms with E-state index in [1.54, 1.807) is 25.1 Å². The van der Waals surface area contributed by atoms with Crippen molar-refractivity contribution in [1.82, 2.24) is 15.2 Å². The van der Waals surface area contributed by atoms with Crippen molar-refractivity contribution in [3.63, 3.8) is 0 Å². The summed E-state index contributed by atoms with van der Waals surface area (Å²) in [5.74, 6) is 0.317. The Hall–Kier alpha value is -2.93. The molecule has 4 aromatic rings. The molecular formula is C18H13BrN4O2. The standard InChI is InChI=1S/C18H13BrN4O2/c1-10-20-14-7-6-13(8-17(14)25-10)21-18(24)16-9-15(22-23-16)11-2-4-12(19)5-3-11/h2-9H,1H3,(H,21,24)(H,22,23). The molecule has 0 unspecified atom stereocenters. The van der Waals surface area contributed by atoms with Gasteiger partial charge in [-0.1, -0.05) is 28.1 Å². The molecule has 1 amide bonds. The predicted octanol–water partition coefficient (Wildman–Crippen LogP) is 4.54. The molecule has 0 atom stereocenters. The van der Waals surface area contributed by atoms with Crippen LogP contribution in [0, 0.1) is 6.92 Å². The molecule has 2 heterocycles. The number of H-pyrrole nitrogens is 1. The molecule has 0 saturated heterocycles. The summed E-state index contributed by atoms with van der Waals surface area (Å²) in [6, 6.07) is 14.8. The van der Waals surface area contributed by atoms with Gasteiger partial charge in [-0.3, -0.25) is 9.89 Å². The van der Waals surface area contributed by atoms with Crippen molar-refractivity contribution in [1.29, 1.82) is 0 Å². The summed E-state index contributed by atoms with van der Waals surface area (Å²) in [6.07, 6.45) is 0. The summed E-state index contributed by atoms with van der Waals surface area (Å²) >= 11 is 3.40. The molecule has 0 aliphatic carbocycles. The Morgan fingerprint density at radius 1 is 1.16 bits per heavy atom. The van der Waals surface area contributed by atoms with E-state index in [0.29, 0.717) is 28.5 Å². The summed E-state index contributed by atoms with van der Waals surface area (Å²) in [5.41, 5.74) is 4.04. The number of fused-ring (bicyclic) bond motifs is 1. The number of aromatic nitrogens is 3. The van der Waals surface area contributed by atoms with E-state index >= 15 is 0 Å². The highest BCUT2D eigenvalue weighted by Crippen LogP contribution is 2.22. The lowest BCUT2D eigenvalue weighted by atomic mass is 10.1. The number of amides is 1. The summed E-state index contributed by atoms with van der Waals surface area (Å²) in [6.45, 7) is 1.78. The summed E-state index contributed by atoms with van der Waals surface area (Å²) in [7, 11) is 0. The van der Waals surface area contributed by atoms with Crippen molar-refractivity contribution >= 4 is 38.6 Å². The number of benzene rings is 2. The van der Waals surface area contributed by atoms with Crippen molar-refractivity contribution in [3.8, 4) is 11.3 Å². The minimum Gasteiger partial charge on any atom is -0.441 e. The minimum absolute atomic E-state index is 0.272. The number of anilines is 1. The second-order valence-electron chi connectivity index (χ2n) is 5.54. The molecule has 2 aromatic carbocycles. The second kappa shape index (κ2) is 6.18. The number of nitrogens with one attached hydrogen (secondary N) is 2. The maximum Gasteiger partial charge on any atom is 0.273 e. The smallest absolute Gasteiger partial charge is 0.273 e. The number of carbonyl (C=O) groups excluding carboxylic acids is 1. The van der Waals surface area contributed by atoms with E-state index in [1.807, 2.05) is 30.3 Å². The first-order valence-corrected chi connectivity index (χ1v) is 8.38. The minimum atomic E-state index is -0.272. The van der Waals surface area contributed by atoms with Crippen molar-refractivity contribution in [2.45, 2.75) is 6.92 Å². The number of aromatic amines is 1. The normalized spacial score (nSPS) is 11.0. The molecule has 2 N–H and O–H groups in total. The predicted molar refractivity (Wildman–Crippen MR) is 98.4 cm³/mol. The van der Waals surface area contributed by atoms with Crippen LogP contribution in [0.25, 0.3) is 22.4 Å². The molecule has 0 saturated carbocycles. The largest absolute Gasteiger partial charge is 0.441 e. The molecule has 25 heavy (non-hydrogen) atoms. The molecule has 0 fully saturated rings. The summed E-state index contributed by atoms with van der Waals surface area (Å²) < 4.78 is 6.47. The van der Waals surface area contributed by atoms with E-state index in [-0.39, 0.29) is 5.91 Å². The number of aryl methyl sites for hydroxylation is 1. The van der Waals surface area contributed by atoms with Gasteiger partial charge in [0.05, 0.1) is 5.69 Å². The van der Waals surface area contributed by atoms with Crippen LogP contribution in [0.2, 0.25) is 0 Å². The van der Waals surface area contributed by atoms with Crippen LogP contribution in [-0.2, 0) is 0 Å². The van der Waals surface area contributed by atoms with E-state index in [9.17, 15) is 4.79 Å². The van der Waals surface area contributed by atoms with Crippen LogP contribution in [0.1, 0.15) is 16.4 Å². The fourth-order valence-electron chi connectivity index (χ4n) is 2.52. The Bertz CT molecular complexity index is 1070. The number of hydrogen-bond acceptors (Lipinski definition) is 4. The molecule has 124 valence electrons. The Kier molecular flexibility index (Phi) is 3.85. The van der Waals surface area contributed by atoms with Crippen molar-refractivity contribution < 1.29 is 9.21 Å². The van der Waals surface area contributed by atoms with Gasteiger partial charge in [-0.25, -0.2) is 4.98 Å². The molecule has 0 spiro atoms. The van der Waals surface area contributed by atoms with Gasteiger partial charge in [0.25, 0.3) is 5.91 Å². The summed E-state index contributed by atoms with van der Waals surface area (Å²) in [5, 5.41) is 9.80. The van der Waals surface area contributed by atoms with Crippen LogP contribution in [-0.4, -0.2) is 21.1 Å². The number of oxazole rings is 1. The average molecular weight is 397 g/mol. The monoisotopic (exact) mass is 396 g/mol. The number of nitrogens with zero attached hydrogens (tertiary/aromatic N) is 2. The third-order valence-electron chi connectivity index (χ3n) is 3.72. The lowest BCUT2D eigenvalue weighted by molar-refractivity contribution is 0.102. The maximum atomic E-state index is 12.4. The van der Waals surface area contributed by atoms with Crippen molar-refractivity contribution in [2.75, 3.05) is 5.32 Å².